The number of hydrogen-bond donors (Lipinski definition) is 5. The Bertz CT molecular complexity index is 1130. The van der Waals surface area contributed by atoms with Gasteiger partial charge >= 0.3 is 5.97 Å². The summed E-state index contributed by atoms with van der Waals surface area (Å²) in [5.41, 5.74) is 0.0349. The van der Waals surface area contributed by atoms with E-state index in [9.17, 15) is 29.3 Å². The van der Waals surface area contributed by atoms with Gasteiger partial charge in [0, 0.05) is 23.2 Å². The van der Waals surface area contributed by atoms with Crippen molar-refractivity contribution < 1.29 is 29.3 Å². The maximum atomic E-state index is 14.2. The van der Waals surface area contributed by atoms with Crippen molar-refractivity contribution in [3.05, 3.63) is 70.8 Å². The smallest absolute Gasteiger partial charge is 0.312 e. The summed E-state index contributed by atoms with van der Waals surface area (Å²) in [6, 6.07) is 10.4. The molecular formula is C23H24ClFN4O5. The number of aromatic nitrogens is 3. The van der Waals surface area contributed by atoms with Gasteiger partial charge in [0.05, 0.1) is 18.2 Å². The van der Waals surface area contributed by atoms with Gasteiger partial charge in [-0.25, -0.2) is 4.39 Å². The zero-order valence-electron chi connectivity index (χ0n) is 18.0. The van der Waals surface area contributed by atoms with Crippen LogP contribution in [0.25, 0.3) is 11.1 Å². The molecular weight excluding hydrogens is 467 g/mol. The second kappa shape index (κ2) is 11.2. The summed E-state index contributed by atoms with van der Waals surface area (Å²) in [6.45, 7) is -1.16. The van der Waals surface area contributed by atoms with Crippen molar-refractivity contribution in [2.45, 2.75) is 25.3 Å². The first-order valence-electron chi connectivity index (χ1n) is 10.4. The Morgan fingerprint density at radius 3 is 2.50 bits per heavy atom. The van der Waals surface area contributed by atoms with Crippen LogP contribution in [0.2, 0.25) is 5.02 Å². The van der Waals surface area contributed by atoms with Crippen LogP contribution in [0.4, 0.5) is 4.39 Å². The van der Waals surface area contributed by atoms with E-state index in [2.05, 4.69) is 20.7 Å². The fourth-order valence-electron chi connectivity index (χ4n) is 3.76. The molecule has 0 bridgehead atoms. The van der Waals surface area contributed by atoms with Gasteiger partial charge in [-0.05, 0) is 48.6 Å². The number of halogens is 2. The molecule has 0 radical (unpaired) electrons. The number of aromatic amines is 1. The molecule has 2 aromatic carbocycles. The number of aliphatic carboxylic acids is 1. The van der Waals surface area contributed by atoms with E-state index in [1.807, 2.05) is 0 Å². The molecule has 5 N–H and O–H groups in total. The van der Waals surface area contributed by atoms with E-state index in [1.165, 1.54) is 24.4 Å². The third-order valence-electron chi connectivity index (χ3n) is 5.64. The fourth-order valence-corrected chi connectivity index (χ4v) is 3.93. The second-order valence-corrected chi connectivity index (χ2v) is 8.41. The molecule has 0 saturated carbocycles. The van der Waals surface area contributed by atoms with Gasteiger partial charge in [0.1, 0.15) is 5.82 Å². The number of aliphatic hydroxyl groups is 2. The summed E-state index contributed by atoms with van der Waals surface area (Å²) in [5.74, 6) is -2.28. The summed E-state index contributed by atoms with van der Waals surface area (Å²) in [4.78, 5) is 24.5. The monoisotopic (exact) mass is 490 g/mol. The van der Waals surface area contributed by atoms with Crippen LogP contribution >= 0.6 is 11.6 Å². The molecule has 180 valence electrons. The number of carbonyl (C=O) groups excluding carboxylic acids is 1. The van der Waals surface area contributed by atoms with Crippen molar-refractivity contribution in [1.82, 2.24) is 20.7 Å². The van der Waals surface area contributed by atoms with Crippen molar-refractivity contribution in [2.24, 2.45) is 5.41 Å². The zero-order chi connectivity index (χ0) is 24.7. The minimum absolute atomic E-state index is 0.0175. The van der Waals surface area contributed by atoms with Crippen molar-refractivity contribution in [3.63, 3.8) is 0 Å². The van der Waals surface area contributed by atoms with Gasteiger partial charge in [-0.1, -0.05) is 35.9 Å². The first-order chi connectivity index (χ1) is 16.3. The van der Waals surface area contributed by atoms with Crippen LogP contribution in [0.3, 0.4) is 0 Å². The summed E-state index contributed by atoms with van der Waals surface area (Å²) in [7, 11) is 0. The standard InChI is InChI=1S/C23H24ClFN4O5/c24-16-5-6-19(25)18(10-16)15-3-1-14(2-4-15)9-17(27-21(32)20-12-26-29-28-20)11-23(13-31,7-8-30)22(33)34/h1-6,10,12,17,30-31H,7-9,11,13H2,(H,27,32)(H,33,34)(H,26,28,29)/t17-,23?/m1/s1. The quantitative estimate of drug-likeness (QED) is 0.277. The lowest BCUT2D eigenvalue weighted by atomic mass is 9.78. The molecule has 34 heavy (non-hydrogen) atoms. The maximum absolute atomic E-state index is 14.2. The molecule has 3 aromatic rings. The molecule has 3 rings (SSSR count). The van der Waals surface area contributed by atoms with Gasteiger partial charge in [-0.15, -0.1) is 0 Å². The molecule has 1 unspecified atom stereocenters. The predicted molar refractivity (Wildman–Crippen MR) is 122 cm³/mol. The highest BCUT2D eigenvalue weighted by atomic mass is 35.5. The van der Waals surface area contributed by atoms with E-state index in [-0.39, 0.29) is 25.0 Å². The van der Waals surface area contributed by atoms with Gasteiger partial charge in [0.25, 0.3) is 5.91 Å². The van der Waals surface area contributed by atoms with Crippen LogP contribution in [0.15, 0.2) is 48.7 Å². The van der Waals surface area contributed by atoms with E-state index in [4.69, 9.17) is 11.6 Å². The van der Waals surface area contributed by atoms with Crippen molar-refractivity contribution in [3.8, 4) is 11.1 Å². The van der Waals surface area contributed by atoms with Crippen LogP contribution in [-0.4, -0.2) is 61.9 Å². The topological polar surface area (TPSA) is 148 Å². The first kappa shape index (κ1) is 25.3. The Morgan fingerprint density at radius 2 is 1.91 bits per heavy atom. The predicted octanol–water partition coefficient (Wildman–Crippen LogP) is 2.44. The van der Waals surface area contributed by atoms with Gasteiger partial charge in [-0.2, -0.15) is 15.4 Å². The van der Waals surface area contributed by atoms with E-state index in [0.29, 0.717) is 16.1 Å². The molecule has 0 aliphatic heterocycles. The third-order valence-corrected chi connectivity index (χ3v) is 5.88. The van der Waals surface area contributed by atoms with Crippen LogP contribution in [0, 0.1) is 11.2 Å². The van der Waals surface area contributed by atoms with E-state index in [1.54, 1.807) is 24.3 Å². The highest BCUT2D eigenvalue weighted by Gasteiger charge is 2.40. The number of rotatable bonds is 11. The molecule has 1 aromatic heterocycles. The van der Waals surface area contributed by atoms with Crippen LogP contribution in [-0.2, 0) is 11.2 Å². The average molecular weight is 491 g/mol. The number of aliphatic hydroxyl groups excluding tert-OH is 2. The third kappa shape index (κ3) is 5.96. The van der Waals surface area contributed by atoms with Gasteiger partial charge < -0.3 is 20.6 Å². The largest absolute Gasteiger partial charge is 0.481 e. The van der Waals surface area contributed by atoms with Crippen LogP contribution in [0.5, 0.6) is 0 Å². The number of amides is 1. The molecule has 1 amide bonds. The summed E-state index contributed by atoms with van der Waals surface area (Å²) in [6.07, 6.45) is 1.10. The van der Waals surface area contributed by atoms with E-state index >= 15 is 0 Å². The van der Waals surface area contributed by atoms with Crippen molar-refractivity contribution in [2.75, 3.05) is 13.2 Å². The lowest BCUT2D eigenvalue weighted by molar-refractivity contribution is -0.154. The van der Waals surface area contributed by atoms with Crippen LogP contribution in [0.1, 0.15) is 28.9 Å². The number of nitrogens with zero attached hydrogens (tertiary/aromatic N) is 2. The number of carbonyl (C=O) groups is 2. The first-order valence-corrected chi connectivity index (χ1v) is 10.8. The zero-order valence-corrected chi connectivity index (χ0v) is 18.8. The van der Waals surface area contributed by atoms with Gasteiger partial charge in [-0.3, -0.25) is 9.59 Å². The number of benzene rings is 2. The van der Waals surface area contributed by atoms with Gasteiger partial charge in [0.2, 0.25) is 0 Å². The minimum atomic E-state index is -1.65. The molecule has 1 heterocycles. The van der Waals surface area contributed by atoms with E-state index < -0.39 is 42.4 Å². The highest BCUT2D eigenvalue weighted by molar-refractivity contribution is 6.30. The maximum Gasteiger partial charge on any atom is 0.312 e. The van der Waals surface area contributed by atoms with E-state index in [0.717, 1.165) is 5.56 Å². The lowest BCUT2D eigenvalue weighted by Gasteiger charge is -2.31. The normalized spacial score (nSPS) is 13.8. The molecule has 0 aliphatic carbocycles. The van der Waals surface area contributed by atoms with Crippen molar-refractivity contribution in [1.29, 1.82) is 0 Å². The molecule has 2 atom stereocenters. The van der Waals surface area contributed by atoms with Crippen molar-refractivity contribution >= 4 is 23.5 Å². The summed E-state index contributed by atoms with van der Waals surface area (Å²) < 4.78 is 14.2. The molecule has 9 nitrogen and oxygen atoms in total. The molecule has 0 aliphatic rings. The van der Waals surface area contributed by atoms with Crippen LogP contribution < -0.4 is 5.32 Å². The number of carboxylic acids is 1. The minimum Gasteiger partial charge on any atom is -0.481 e. The Balaban J connectivity index is 1.86. The second-order valence-electron chi connectivity index (χ2n) is 7.97. The van der Waals surface area contributed by atoms with Gasteiger partial charge in [0.15, 0.2) is 5.69 Å². The number of carboxylic acid groups (broad SMARTS) is 1. The molecule has 0 saturated heterocycles. The Morgan fingerprint density at radius 1 is 1.18 bits per heavy atom. The molecule has 11 heteroatoms. The number of H-pyrrole nitrogens is 1. The fraction of sp³-hybridized carbons (Fsp3) is 0.304. The highest BCUT2D eigenvalue weighted by Crippen LogP contribution is 2.30. The molecule has 0 fully saturated rings. The number of hydrogen-bond acceptors (Lipinski definition) is 6. The SMILES string of the molecule is O=C(N[C@H](Cc1ccc(-c2cc(Cl)ccc2F)cc1)CC(CO)(CCO)C(=O)O)c1cn[nH]n1. The summed E-state index contributed by atoms with van der Waals surface area (Å²) in [5, 5.41) is 41.7. The Hall–Kier alpha value is -3.34. The summed E-state index contributed by atoms with van der Waals surface area (Å²) >= 11 is 5.98. The average Bonchev–Trinajstić information content (AvgIpc) is 3.36. The lowest BCUT2D eigenvalue weighted by Crippen LogP contribution is -2.46. The Kier molecular flexibility index (Phi) is 8.32. The molecule has 0 spiro atoms. The number of nitrogens with one attached hydrogen (secondary N) is 2. The Labute approximate surface area is 199 Å².